The van der Waals surface area contributed by atoms with E-state index in [1.807, 2.05) is 12.1 Å². The summed E-state index contributed by atoms with van der Waals surface area (Å²) in [5, 5.41) is 0. The molecular formula is C30H44N4O2. The van der Waals surface area contributed by atoms with E-state index in [0.717, 1.165) is 88.9 Å². The Bertz CT molecular complexity index is 982. The third-order valence-corrected chi connectivity index (χ3v) is 7.15. The summed E-state index contributed by atoms with van der Waals surface area (Å²) in [7, 11) is 0. The van der Waals surface area contributed by atoms with Crippen molar-refractivity contribution in [1.29, 1.82) is 0 Å². The Morgan fingerprint density at radius 2 is 0.833 bits per heavy atom. The molecule has 36 heavy (non-hydrogen) atoms. The molecule has 4 N–H and O–H groups in total. The maximum atomic E-state index is 14.4. The summed E-state index contributed by atoms with van der Waals surface area (Å²) in [5.74, 6) is -0.379. The molecule has 0 bridgehead atoms. The van der Waals surface area contributed by atoms with Crippen molar-refractivity contribution in [3.63, 3.8) is 0 Å². The molecule has 2 aromatic rings. The normalized spacial score (nSPS) is 12.4. The van der Waals surface area contributed by atoms with Gasteiger partial charge in [0, 0.05) is 48.9 Å². The average Bonchev–Trinajstić information content (AvgIpc) is 2.87. The van der Waals surface area contributed by atoms with Gasteiger partial charge in [-0.1, -0.05) is 53.4 Å². The number of nitrogens with two attached hydrogens (primary N) is 2. The molecule has 0 saturated heterocycles. The maximum absolute atomic E-state index is 14.4. The number of unbranched alkanes of at least 4 members (excludes halogenated alkanes) is 4. The highest BCUT2D eigenvalue weighted by molar-refractivity contribution is 6.34. The van der Waals surface area contributed by atoms with Gasteiger partial charge in [-0.2, -0.15) is 0 Å². The fourth-order valence-electron chi connectivity index (χ4n) is 5.04. The largest absolute Gasteiger partial charge is 0.398 e. The molecule has 0 radical (unpaired) electrons. The number of benzene rings is 2. The molecule has 196 valence electrons. The van der Waals surface area contributed by atoms with Crippen LogP contribution in [0.1, 0.15) is 111 Å². The summed E-state index contributed by atoms with van der Waals surface area (Å²) in [6.45, 7) is 12.0. The Morgan fingerprint density at radius 3 is 1.14 bits per heavy atom. The van der Waals surface area contributed by atoms with Gasteiger partial charge in [0.05, 0.1) is 22.3 Å². The number of carbonyl (C=O) groups excluding carboxylic acids is 2. The number of ketones is 2. The van der Waals surface area contributed by atoms with E-state index >= 15 is 0 Å². The summed E-state index contributed by atoms with van der Waals surface area (Å²) < 4.78 is 0. The van der Waals surface area contributed by atoms with Gasteiger partial charge in [0.2, 0.25) is 0 Å². The van der Waals surface area contributed by atoms with Crippen molar-refractivity contribution < 1.29 is 9.59 Å². The monoisotopic (exact) mass is 492 g/mol. The average molecular weight is 493 g/mol. The van der Waals surface area contributed by atoms with Crippen LogP contribution in [0, 0.1) is 0 Å². The molecule has 0 aromatic heterocycles. The van der Waals surface area contributed by atoms with E-state index in [0.29, 0.717) is 33.6 Å². The Labute approximate surface area is 217 Å². The van der Waals surface area contributed by atoms with E-state index in [2.05, 4.69) is 37.5 Å². The second-order valence-electron chi connectivity index (χ2n) is 9.89. The van der Waals surface area contributed by atoms with Gasteiger partial charge >= 0.3 is 0 Å². The maximum Gasteiger partial charge on any atom is 0.198 e. The van der Waals surface area contributed by atoms with Crippen molar-refractivity contribution in [3.8, 4) is 0 Å². The van der Waals surface area contributed by atoms with Gasteiger partial charge in [-0.15, -0.1) is 0 Å². The summed E-state index contributed by atoms with van der Waals surface area (Å²) in [6, 6.07) is 7.38. The number of rotatable bonds is 14. The molecule has 0 aliphatic heterocycles. The molecule has 0 fully saturated rings. The predicted octanol–water partition coefficient (Wildman–Crippen LogP) is 6.44. The third kappa shape index (κ3) is 5.53. The number of nitrogen functional groups attached to an aromatic ring is 2. The van der Waals surface area contributed by atoms with Crippen LogP contribution in [-0.2, 0) is 0 Å². The van der Waals surface area contributed by atoms with E-state index in [9.17, 15) is 9.59 Å². The SMILES string of the molecule is CCCCN(CCCC)c1ccc(N)c2c1C(=O)c1c(N(CCCC)CCCC)ccc(N)c1C2=O. The highest BCUT2D eigenvalue weighted by Crippen LogP contribution is 2.42. The zero-order valence-electron chi connectivity index (χ0n) is 22.7. The van der Waals surface area contributed by atoms with E-state index in [-0.39, 0.29) is 11.6 Å². The molecule has 0 saturated carbocycles. The molecular weight excluding hydrogens is 448 g/mol. The van der Waals surface area contributed by atoms with E-state index in [1.54, 1.807) is 12.1 Å². The second kappa shape index (κ2) is 12.8. The Morgan fingerprint density at radius 1 is 0.528 bits per heavy atom. The molecule has 0 heterocycles. The molecule has 6 nitrogen and oxygen atoms in total. The number of fused-ring (bicyclic) bond motifs is 2. The molecule has 0 amide bonds. The van der Waals surface area contributed by atoms with Gasteiger partial charge < -0.3 is 21.3 Å². The first-order valence-corrected chi connectivity index (χ1v) is 13.8. The van der Waals surface area contributed by atoms with E-state index in [1.165, 1.54) is 0 Å². The predicted molar refractivity (Wildman–Crippen MR) is 153 cm³/mol. The van der Waals surface area contributed by atoms with Crippen molar-refractivity contribution in [1.82, 2.24) is 0 Å². The van der Waals surface area contributed by atoms with Crippen LogP contribution in [-0.4, -0.2) is 37.7 Å². The van der Waals surface area contributed by atoms with Gasteiger partial charge in [-0.3, -0.25) is 9.59 Å². The lowest BCUT2D eigenvalue weighted by Gasteiger charge is -2.33. The second-order valence-corrected chi connectivity index (χ2v) is 9.89. The lowest BCUT2D eigenvalue weighted by Crippen LogP contribution is -2.34. The summed E-state index contributed by atoms with van der Waals surface area (Å²) >= 11 is 0. The van der Waals surface area contributed by atoms with Gasteiger partial charge in [-0.05, 0) is 49.9 Å². The summed E-state index contributed by atoms with van der Waals surface area (Å²) in [4.78, 5) is 32.9. The van der Waals surface area contributed by atoms with Crippen molar-refractivity contribution in [2.75, 3.05) is 47.4 Å². The van der Waals surface area contributed by atoms with Crippen LogP contribution in [0.2, 0.25) is 0 Å². The van der Waals surface area contributed by atoms with Crippen LogP contribution >= 0.6 is 0 Å². The molecule has 0 unspecified atom stereocenters. The highest BCUT2D eigenvalue weighted by atomic mass is 16.1. The topological polar surface area (TPSA) is 92.7 Å². The minimum atomic E-state index is -0.241. The molecule has 0 spiro atoms. The minimum absolute atomic E-state index is 0.139. The van der Waals surface area contributed by atoms with Crippen molar-refractivity contribution in [3.05, 3.63) is 46.5 Å². The van der Waals surface area contributed by atoms with E-state index < -0.39 is 0 Å². The first-order chi connectivity index (χ1) is 17.4. The third-order valence-electron chi connectivity index (χ3n) is 7.15. The van der Waals surface area contributed by atoms with Crippen LogP contribution in [0.25, 0.3) is 0 Å². The van der Waals surface area contributed by atoms with Crippen molar-refractivity contribution in [2.24, 2.45) is 0 Å². The molecule has 6 heteroatoms. The number of anilines is 4. The molecule has 2 aromatic carbocycles. The molecule has 0 atom stereocenters. The number of nitrogens with zero attached hydrogens (tertiary/aromatic N) is 2. The van der Waals surface area contributed by atoms with Crippen LogP contribution in [0.3, 0.4) is 0 Å². The first kappa shape index (κ1) is 27.6. The lowest BCUT2D eigenvalue weighted by molar-refractivity contribution is 0.0981. The van der Waals surface area contributed by atoms with Crippen LogP contribution < -0.4 is 21.3 Å². The van der Waals surface area contributed by atoms with Gasteiger partial charge in [0.1, 0.15) is 0 Å². The lowest BCUT2D eigenvalue weighted by atomic mass is 9.80. The number of hydrogen-bond acceptors (Lipinski definition) is 6. The van der Waals surface area contributed by atoms with Gasteiger partial charge in [-0.25, -0.2) is 0 Å². The fourth-order valence-corrected chi connectivity index (χ4v) is 5.04. The molecule has 3 rings (SSSR count). The molecule has 1 aliphatic rings. The van der Waals surface area contributed by atoms with E-state index in [4.69, 9.17) is 11.5 Å². The standard InChI is InChI=1S/C30H44N4O2/c1-5-9-17-33(18-10-6-2)23-15-13-21(31)25-27(23)30(36)28-24(16-14-22(32)26(28)29(25)35)34(19-11-7-3)20-12-8-4/h13-16H,5-12,17-20,31-32H2,1-4H3. The van der Waals surface area contributed by atoms with Crippen molar-refractivity contribution >= 4 is 34.3 Å². The summed E-state index contributed by atoms with van der Waals surface area (Å²) in [6.07, 6.45) is 8.28. The number of hydrogen-bond donors (Lipinski definition) is 2. The Kier molecular flexibility index (Phi) is 9.80. The van der Waals surface area contributed by atoms with Crippen LogP contribution in [0.15, 0.2) is 24.3 Å². The van der Waals surface area contributed by atoms with Crippen molar-refractivity contribution in [2.45, 2.75) is 79.1 Å². The van der Waals surface area contributed by atoms with Crippen LogP contribution in [0.5, 0.6) is 0 Å². The van der Waals surface area contributed by atoms with Gasteiger partial charge in [0.25, 0.3) is 0 Å². The first-order valence-electron chi connectivity index (χ1n) is 13.8. The smallest absolute Gasteiger partial charge is 0.198 e. The Balaban J connectivity index is 2.22. The molecule has 1 aliphatic carbocycles. The zero-order valence-corrected chi connectivity index (χ0v) is 22.7. The zero-order chi connectivity index (χ0) is 26.2. The van der Waals surface area contributed by atoms with Crippen LogP contribution in [0.4, 0.5) is 22.7 Å². The number of carbonyl (C=O) groups is 2. The Hall–Kier alpha value is -3.02. The summed E-state index contributed by atoms with van der Waals surface area (Å²) in [5.41, 5.74) is 16.5. The fraction of sp³-hybridized carbons (Fsp3) is 0.533. The quantitative estimate of drug-likeness (QED) is 0.252. The minimum Gasteiger partial charge on any atom is -0.398 e. The van der Waals surface area contributed by atoms with Gasteiger partial charge in [0.15, 0.2) is 11.6 Å². The highest BCUT2D eigenvalue weighted by Gasteiger charge is 2.38.